The molecule has 0 spiro atoms. The Morgan fingerprint density at radius 1 is 0.970 bits per heavy atom. The van der Waals surface area contributed by atoms with Gasteiger partial charge in [0, 0.05) is 18.2 Å². The van der Waals surface area contributed by atoms with Crippen LogP contribution in [-0.4, -0.2) is 16.3 Å². The van der Waals surface area contributed by atoms with Crippen molar-refractivity contribution < 1.29 is 10.2 Å². The van der Waals surface area contributed by atoms with E-state index in [1.807, 2.05) is 12.1 Å². The number of rotatable bonds is 4. The van der Waals surface area contributed by atoms with Crippen molar-refractivity contribution in [1.29, 1.82) is 0 Å². The predicted molar refractivity (Wildman–Crippen MR) is 133 cm³/mol. The number of aliphatic hydroxyl groups is 1. The molecule has 3 N–H and O–H groups in total. The van der Waals surface area contributed by atoms with E-state index in [1.165, 1.54) is 43.1 Å². The molecule has 3 unspecified atom stereocenters. The predicted octanol–water partition coefficient (Wildman–Crippen LogP) is 6.05. The highest BCUT2D eigenvalue weighted by atomic mass is 16.3. The number of aromatic hydroxyl groups is 1. The van der Waals surface area contributed by atoms with Gasteiger partial charge in [-0.2, -0.15) is 0 Å². The Hall–Kier alpha value is -2.36. The second-order valence-corrected chi connectivity index (χ2v) is 11.0. The van der Waals surface area contributed by atoms with Crippen molar-refractivity contribution in [3.8, 4) is 5.75 Å². The van der Waals surface area contributed by atoms with Crippen LogP contribution in [-0.2, 0) is 19.6 Å². The number of benzene rings is 3. The molecule has 3 aromatic rings. The van der Waals surface area contributed by atoms with Crippen molar-refractivity contribution >= 4 is 10.8 Å². The summed E-state index contributed by atoms with van der Waals surface area (Å²) in [7, 11) is 0. The Morgan fingerprint density at radius 2 is 1.79 bits per heavy atom. The summed E-state index contributed by atoms with van der Waals surface area (Å²) in [4.78, 5) is 0. The summed E-state index contributed by atoms with van der Waals surface area (Å²) in [6, 6.07) is 19.5. The third-order valence-electron chi connectivity index (χ3n) is 9.46. The maximum Gasteiger partial charge on any atom is 0.120 e. The van der Waals surface area contributed by atoms with Crippen molar-refractivity contribution in [2.75, 3.05) is 0 Å². The Balaban J connectivity index is 1.20. The molecular weight excluding hydrogens is 406 g/mol. The molecule has 0 saturated heterocycles. The first kappa shape index (κ1) is 21.2. The Bertz CT molecular complexity index is 1190. The van der Waals surface area contributed by atoms with E-state index in [0.29, 0.717) is 23.1 Å². The minimum Gasteiger partial charge on any atom is -0.508 e. The number of phenolic OH excluding ortho intramolecular Hbond substituents is 1. The molecule has 6 rings (SSSR count). The number of phenols is 1. The summed E-state index contributed by atoms with van der Waals surface area (Å²) in [6.45, 7) is 3.40. The number of aliphatic hydroxyl groups excluding tert-OH is 1. The second-order valence-electron chi connectivity index (χ2n) is 11.0. The van der Waals surface area contributed by atoms with Crippen molar-refractivity contribution in [2.24, 2.45) is 17.3 Å². The van der Waals surface area contributed by atoms with Crippen LogP contribution in [0.25, 0.3) is 10.8 Å². The molecule has 3 nitrogen and oxygen atoms in total. The fourth-order valence-electron chi connectivity index (χ4n) is 7.72. The summed E-state index contributed by atoms with van der Waals surface area (Å²) in [5, 5.41) is 26.3. The molecule has 0 amide bonds. The second kappa shape index (κ2) is 8.14. The SMILES string of the molecule is C[C@]12CCC3c4ccc(CO)cc4CCC3C1CC[C@@H]2NCc1cc2ccccc2cc1O. The molecule has 5 atom stereocenters. The molecule has 3 aliphatic carbocycles. The molecule has 3 aliphatic rings. The van der Waals surface area contributed by atoms with Crippen LogP contribution in [0.3, 0.4) is 0 Å². The van der Waals surface area contributed by atoms with Gasteiger partial charge in [-0.15, -0.1) is 0 Å². The van der Waals surface area contributed by atoms with Crippen LogP contribution < -0.4 is 5.32 Å². The molecule has 2 fully saturated rings. The molecule has 0 radical (unpaired) electrons. The highest BCUT2D eigenvalue weighted by molar-refractivity contribution is 5.84. The highest BCUT2D eigenvalue weighted by Crippen LogP contribution is 2.60. The summed E-state index contributed by atoms with van der Waals surface area (Å²) >= 11 is 0. The van der Waals surface area contributed by atoms with Crippen LogP contribution >= 0.6 is 0 Å². The van der Waals surface area contributed by atoms with Gasteiger partial charge in [0.2, 0.25) is 0 Å². The first-order valence-electron chi connectivity index (χ1n) is 12.7. The Kier molecular flexibility index (Phi) is 5.23. The zero-order valence-electron chi connectivity index (χ0n) is 19.6. The first-order chi connectivity index (χ1) is 16.1. The maximum atomic E-state index is 10.6. The van der Waals surface area contributed by atoms with Crippen molar-refractivity contribution in [3.05, 3.63) is 76.9 Å². The van der Waals surface area contributed by atoms with Gasteiger partial charge in [0.25, 0.3) is 0 Å². The van der Waals surface area contributed by atoms with Crippen LogP contribution in [0.4, 0.5) is 0 Å². The Labute approximate surface area is 196 Å². The van der Waals surface area contributed by atoms with E-state index >= 15 is 0 Å². The average molecular weight is 442 g/mol. The first-order valence-corrected chi connectivity index (χ1v) is 12.7. The number of hydrogen-bond acceptors (Lipinski definition) is 3. The van der Waals surface area contributed by atoms with Gasteiger partial charge < -0.3 is 15.5 Å². The number of fused-ring (bicyclic) bond motifs is 6. The van der Waals surface area contributed by atoms with Crippen molar-refractivity contribution in [1.82, 2.24) is 5.32 Å². The smallest absolute Gasteiger partial charge is 0.120 e. The van der Waals surface area contributed by atoms with E-state index in [4.69, 9.17) is 0 Å². The van der Waals surface area contributed by atoms with Gasteiger partial charge in [0.1, 0.15) is 5.75 Å². The van der Waals surface area contributed by atoms with E-state index in [1.54, 1.807) is 5.56 Å². The fourth-order valence-corrected chi connectivity index (χ4v) is 7.72. The van der Waals surface area contributed by atoms with Gasteiger partial charge in [-0.25, -0.2) is 0 Å². The molecule has 33 heavy (non-hydrogen) atoms. The lowest BCUT2D eigenvalue weighted by Crippen LogP contribution is -2.48. The lowest BCUT2D eigenvalue weighted by Gasteiger charge is -2.51. The average Bonchev–Trinajstić information content (AvgIpc) is 3.18. The summed E-state index contributed by atoms with van der Waals surface area (Å²) in [5.41, 5.74) is 5.42. The minimum atomic E-state index is 0.141. The van der Waals surface area contributed by atoms with E-state index in [0.717, 1.165) is 41.3 Å². The maximum absolute atomic E-state index is 10.6. The Morgan fingerprint density at radius 3 is 2.61 bits per heavy atom. The van der Waals surface area contributed by atoms with Crippen molar-refractivity contribution in [3.63, 3.8) is 0 Å². The van der Waals surface area contributed by atoms with E-state index in [9.17, 15) is 10.2 Å². The zero-order chi connectivity index (χ0) is 22.6. The lowest BCUT2D eigenvalue weighted by atomic mass is 9.55. The van der Waals surface area contributed by atoms with E-state index < -0.39 is 0 Å². The highest BCUT2D eigenvalue weighted by Gasteiger charge is 2.54. The van der Waals surface area contributed by atoms with Crippen LogP contribution in [0.5, 0.6) is 5.75 Å². The molecule has 3 aromatic carbocycles. The lowest BCUT2D eigenvalue weighted by molar-refractivity contribution is 0.0408. The standard InChI is InChI=1S/C30H35NO2/c1-30-13-12-25-24-8-6-19(18-32)14-22(24)7-9-26(25)27(30)10-11-29(30)31-17-23-15-20-4-2-3-5-21(20)16-28(23)33/h2-6,8,14-16,25-27,29,31-33H,7,9-13,17-18H2,1H3/t25?,26?,27?,29-,30-/m0/s1. The third-order valence-corrected chi connectivity index (χ3v) is 9.46. The fraction of sp³-hybridized carbons (Fsp3) is 0.467. The van der Waals surface area contributed by atoms with Crippen LogP contribution in [0.1, 0.15) is 67.2 Å². The molecule has 0 heterocycles. The zero-order valence-corrected chi connectivity index (χ0v) is 19.6. The number of hydrogen-bond donors (Lipinski definition) is 3. The number of nitrogens with one attached hydrogen (secondary N) is 1. The quantitative estimate of drug-likeness (QED) is 0.462. The number of aryl methyl sites for hydroxylation is 1. The van der Waals surface area contributed by atoms with Crippen LogP contribution in [0.2, 0.25) is 0 Å². The van der Waals surface area contributed by atoms with Gasteiger partial charge in [0.05, 0.1) is 6.61 Å². The molecular formula is C30H35NO2. The third kappa shape index (κ3) is 3.48. The van der Waals surface area contributed by atoms with E-state index in [-0.39, 0.29) is 6.61 Å². The van der Waals surface area contributed by atoms with Gasteiger partial charge in [0.15, 0.2) is 0 Å². The summed E-state index contributed by atoms with van der Waals surface area (Å²) in [6.07, 6.45) is 7.51. The molecule has 0 aliphatic heterocycles. The minimum absolute atomic E-state index is 0.141. The van der Waals surface area contributed by atoms with Gasteiger partial charge in [-0.05, 0) is 101 Å². The van der Waals surface area contributed by atoms with Crippen LogP contribution in [0.15, 0.2) is 54.6 Å². The molecule has 2 saturated carbocycles. The largest absolute Gasteiger partial charge is 0.508 e. The monoisotopic (exact) mass is 441 g/mol. The van der Waals surface area contributed by atoms with Gasteiger partial charge in [-0.3, -0.25) is 0 Å². The molecule has 0 aromatic heterocycles. The van der Waals surface area contributed by atoms with E-state index in [2.05, 4.69) is 54.7 Å². The summed E-state index contributed by atoms with van der Waals surface area (Å²) in [5.74, 6) is 2.63. The molecule has 0 bridgehead atoms. The van der Waals surface area contributed by atoms with Crippen molar-refractivity contribution in [2.45, 2.75) is 70.6 Å². The summed E-state index contributed by atoms with van der Waals surface area (Å²) < 4.78 is 0. The van der Waals surface area contributed by atoms with Gasteiger partial charge >= 0.3 is 0 Å². The normalized spacial score (nSPS) is 30.6. The molecule has 172 valence electrons. The topological polar surface area (TPSA) is 52.5 Å². The van der Waals surface area contributed by atoms with Gasteiger partial charge in [-0.1, -0.05) is 49.4 Å². The molecule has 3 heteroatoms. The van der Waals surface area contributed by atoms with Crippen LogP contribution in [0, 0.1) is 17.3 Å².